The van der Waals surface area contributed by atoms with Crippen LogP contribution < -0.4 is 5.73 Å². The van der Waals surface area contributed by atoms with E-state index < -0.39 is 0 Å². The summed E-state index contributed by atoms with van der Waals surface area (Å²) in [6.45, 7) is 0.102. The molecule has 2 aromatic rings. The molecule has 3 nitrogen and oxygen atoms in total. The molecule has 18 heavy (non-hydrogen) atoms. The van der Waals surface area contributed by atoms with Crippen LogP contribution in [0.5, 0.6) is 0 Å². The van der Waals surface area contributed by atoms with Gasteiger partial charge < -0.3 is 10.8 Å². The van der Waals surface area contributed by atoms with Crippen molar-refractivity contribution in [3.8, 4) is 16.5 Å². The first kappa shape index (κ1) is 12.8. The van der Waals surface area contributed by atoms with Crippen LogP contribution in [0.1, 0.15) is 22.9 Å². The van der Waals surface area contributed by atoms with Crippen molar-refractivity contribution in [2.45, 2.75) is 12.5 Å². The monoisotopic (exact) mass is 258 g/mol. The van der Waals surface area contributed by atoms with Gasteiger partial charge in [-0.1, -0.05) is 12.1 Å². The molecule has 0 saturated heterocycles. The molecule has 0 amide bonds. The first-order valence-electron chi connectivity index (χ1n) is 5.71. The van der Waals surface area contributed by atoms with E-state index in [1.54, 1.807) is 11.3 Å². The minimum absolute atomic E-state index is 0.102. The maximum Gasteiger partial charge on any atom is 0.0991 e. The first-order chi connectivity index (χ1) is 8.74. The Hall–Kier alpha value is -1.67. The topological polar surface area (TPSA) is 70.0 Å². The van der Waals surface area contributed by atoms with E-state index >= 15 is 0 Å². The van der Waals surface area contributed by atoms with Gasteiger partial charge in [0, 0.05) is 22.4 Å². The molecule has 0 aliphatic rings. The fraction of sp³-hybridized carbons (Fsp3) is 0.214. The second-order valence-corrected chi connectivity index (χ2v) is 5.13. The highest BCUT2D eigenvalue weighted by molar-refractivity contribution is 7.15. The van der Waals surface area contributed by atoms with Crippen LogP contribution in [0.25, 0.3) is 10.4 Å². The Morgan fingerprint density at radius 1 is 1.22 bits per heavy atom. The van der Waals surface area contributed by atoms with E-state index in [1.165, 1.54) is 0 Å². The molecule has 0 aliphatic carbocycles. The fourth-order valence-electron chi connectivity index (χ4n) is 1.70. The predicted octanol–water partition coefficient (Wildman–Crippen LogP) is 2.67. The van der Waals surface area contributed by atoms with Crippen LogP contribution in [0, 0.1) is 11.3 Å². The third-order valence-electron chi connectivity index (χ3n) is 2.73. The van der Waals surface area contributed by atoms with Gasteiger partial charge in [-0.2, -0.15) is 5.26 Å². The van der Waals surface area contributed by atoms with Gasteiger partial charge in [-0.3, -0.25) is 0 Å². The molecule has 1 aromatic carbocycles. The summed E-state index contributed by atoms with van der Waals surface area (Å²) in [6.07, 6.45) is 0.577. The van der Waals surface area contributed by atoms with E-state index in [0.717, 1.165) is 15.3 Å². The quantitative estimate of drug-likeness (QED) is 0.885. The van der Waals surface area contributed by atoms with Crippen molar-refractivity contribution in [1.82, 2.24) is 0 Å². The van der Waals surface area contributed by atoms with E-state index in [9.17, 15) is 0 Å². The molecule has 0 saturated carbocycles. The Kier molecular flexibility index (Phi) is 4.11. The van der Waals surface area contributed by atoms with Crippen LogP contribution in [0.3, 0.4) is 0 Å². The lowest BCUT2D eigenvalue weighted by atomic mass is 10.1. The SMILES string of the molecule is N#Cc1ccc(-c2ccc([C@H](N)CCO)s2)cc1. The maximum absolute atomic E-state index is 8.87. The van der Waals surface area contributed by atoms with Crippen molar-refractivity contribution in [2.24, 2.45) is 5.73 Å². The highest BCUT2D eigenvalue weighted by Gasteiger charge is 2.09. The summed E-state index contributed by atoms with van der Waals surface area (Å²) in [5, 5.41) is 17.6. The summed E-state index contributed by atoms with van der Waals surface area (Å²) in [5.74, 6) is 0. The normalized spacial score (nSPS) is 12.1. The second-order valence-electron chi connectivity index (χ2n) is 4.01. The number of nitriles is 1. The van der Waals surface area contributed by atoms with E-state index in [0.29, 0.717) is 12.0 Å². The minimum Gasteiger partial charge on any atom is -0.396 e. The van der Waals surface area contributed by atoms with Crippen molar-refractivity contribution < 1.29 is 5.11 Å². The number of hydrogen-bond acceptors (Lipinski definition) is 4. The van der Waals surface area contributed by atoms with Crippen LogP contribution in [0.15, 0.2) is 36.4 Å². The molecule has 1 aromatic heterocycles. The van der Waals surface area contributed by atoms with Crippen LogP contribution in [-0.2, 0) is 0 Å². The summed E-state index contributed by atoms with van der Waals surface area (Å²) in [6, 6.07) is 13.5. The Balaban J connectivity index is 2.21. The molecule has 3 N–H and O–H groups in total. The number of aliphatic hydroxyl groups excluding tert-OH is 1. The molecule has 2 rings (SSSR count). The molecular weight excluding hydrogens is 244 g/mol. The summed E-state index contributed by atoms with van der Waals surface area (Å²) in [5.41, 5.74) is 7.69. The largest absolute Gasteiger partial charge is 0.396 e. The van der Waals surface area contributed by atoms with Gasteiger partial charge in [-0.15, -0.1) is 11.3 Å². The third kappa shape index (κ3) is 2.77. The number of benzene rings is 1. The Morgan fingerprint density at radius 2 is 1.94 bits per heavy atom. The van der Waals surface area contributed by atoms with Crippen molar-refractivity contribution in [3.63, 3.8) is 0 Å². The van der Waals surface area contributed by atoms with E-state index in [4.69, 9.17) is 16.1 Å². The van der Waals surface area contributed by atoms with Crippen LogP contribution in [-0.4, -0.2) is 11.7 Å². The van der Waals surface area contributed by atoms with Crippen molar-refractivity contribution in [1.29, 1.82) is 5.26 Å². The minimum atomic E-state index is -0.105. The van der Waals surface area contributed by atoms with E-state index in [2.05, 4.69) is 6.07 Å². The zero-order valence-electron chi connectivity index (χ0n) is 9.84. The highest BCUT2D eigenvalue weighted by Crippen LogP contribution is 2.31. The molecule has 1 heterocycles. The lowest BCUT2D eigenvalue weighted by Crippen LogP contribution is -2.09. The van der Waals surface area contributed by atoms with Gasteiger partial charge in [0.15, 0.2) is 0 Å². The van der Waals surface area contributed by atoms with E-state index in [1.807, 2.05) is 36.4 Å². The summed E-state index contributed by atoms with van der Waals surface area (Å²) >= 11 is 1.63. The van der Waals surface area contributed by atoms with E-state index in [-0.39, 0.29) is 12.6 Å². The number of rotatable bonds is 4. The molecule has 92 valence electrons. The van der Waals surface area contributed by atoms with Crippen LogP contribution in [0.2, 0.25) is 0 Å². The van der Waals surface area contributed by atoms with Crippen molar-refractivity contribution >= 4 is 11.3 Å². The molecule has 0 bridgehead atoms. The van der Waals surface area contributed by atoms with Gasteiger partial charge >= 0.3 is 0 Å². The van der Waals surface area contributed by atoms with Gasteiger partial charge in [-0.05, 0) is 36.2 Å². The zero-order valence-corrected chi connectivity index (χ0v) is 10.7. The van der Waals surface area contributed by atoms with Gasteiger partial charge in [-0.25, -0.2) is 0 Å². The lowest BCUT2D eigenvalue weighted by Gasteiger charge is -2.06. The molecule has 0 fully saturated rings. The van der Waals surface area contributed by atoms with Gasteiger partial charge in [0.25, 0.3) is 0 Å². The number of aliphatic hydroxyl groups is 1. The first-order valence-corrected chi connectivity index (χ1v) is 6.53. The number of nitrogens with two attached hydrogens (primary N) is 1. The molecule has 4 heteroatoms. The highest BCUT2D eigenvalue weighted by atomic mass is 32.1. The van der Waals surface area contributed by atoms with Gasteiger partial charge in [0.05, 0.1) is 11.6 Å². The second kappa shape index (κ2) is 5.78. The van der Waals surface area contributed by atoms with Crippen molar-refractivity contribution in [2.75, 3.05) is 6.61 Å². The maximum atomic E-state index is 8.87. The number of hydrogen-bond donors (Lipinski definition) is 2. The molecule has 1 atom stereocenters. The zero-order chi connectivity index (χ0) is 13.0. The summed E-state index contributed by atoms with van der Waals surface area (Å²) in [4.78, 5) is 2.20. The molecule has 0 spiro atoms. The average Bonchev–Trinajstić information content (AvgIpc) is 2.89. The van der Waals surface area contributed by atoms with Gasteiger partial charge in [0.1, 0.15) is 0 Å². The van der Waals surface area contributed by atoms with Crippen LogP contribution in [0.4, 0.5) is 0 Å². The van der Waals surface area contributed by atoms with Gasteiger partial charge in [0.2, 0.25) is 0 Å². The smallest absolute Gasteiger partial charge is 0.0991 e. The number of thiophene rings is 1. The Bertz CT molecular complexity index is 554. The summed E-state index contributed by atoms with van der Waals surface area (Å²) < 4.78 is 0. The Labute approximate surface area is 110 Å². The lowest BCUT2D eigenvalue weighted by molar-refractivity contribution is 0.277. The predicted molar refractivity (Wildman–Crippen MR) is 73.1 cm³/mol. The Morgan fingerprint density at radius 3 is 2.56 bits per heavy atom. The average molecular weight is 258 g/mol. The van der Waals surface area contributed by atoms with Crippen LogP contribution >= 0.6 is 11.3 Å². The fourth-order valence-corrected chi connectivity index (χ4v) is 2.75. The van der Waals surface area contributed by atoms with Crippen molar-refractivity contribution in [3.05, 3.63) is 46.8 Å². The standard InChI is InChI=1S/C14H14N2OS/c15-9-10-1-3-11(4-2-10)13-5-6-14(18-13)12(16)7-8-17/h1-6,12,17H,7-8,16H2/t12-/m1/s1. The molecule has 0 aliphatic heterocycles. The molecule has 0 radical (unpaired) electrons. The summed E-state index contributed by atoms with van der Waals surface area (Å²) in [7, 11) is 0. The molecular formula is C14H14N2OS. The number of nitrogens with zero attached hydrogens (tertiary/aromatic N) is 1. The third-order valence-corrected chi connectivity index (χ3v) is 4.00. The molecule has 0 unspecified atom stereocenters.